The van der Waals surface area contributed by atoms with Crippen LogP contribution in [-0.2, 0) is 6.54 Å². The van der Waals surface area contributed by atoms with E-state index in [2.05, 4.69) is 23.0 Å². The van der Waals surface area contributed by atoms with Crippen molar-refractivity contribution in [1.82, 2.24) is 10.2 Å². The predicted octanol–water partition coefficient (Wildman–Crippen LogP) is 0.785. The van der Waals surface area contributed by atoms with Gasteiger partial charge in [-0.25, -0.2) is 0 Å². The molecule has 4 heteroatoms. The van der Waals surface area contributed by atoms with Crippen LogP contribution in [0.15, 0.2) is 12.1 Å². The zero-order valence-electron chi connectivity index (χ0n) is 8.98. The first kappa shape index (κ1) is 11.5. The first-order valence-electron chi connectivity index (χ1n) is 5.03. The molecule has 0 aliphatic rings. The molecule has 0 unspecified atom stereocenters. The Morgan fingerprint density at radius 3 is 2.73 bits per heavy atom. The summed E-state index contributed by atoms with van der Waals surface area (Å²) in [6.45, 7) is 3.97. The number of aromatic nitrogens is 2. The normalized spacial score (nSPS) is 9.67. The standard InChI is InChI=1S/C11H16N4/c1-3-7-15(8-4-2)11-6-5-10(9-12)13-14-11/h1,5-6H,4,7-9,12H2,2H3. The van der Waals surface area contributed by atoms with Crippen LogP contribution in [0.3, 0.4) is 0 Å². The molecule has 0 radical (unpaired) electrons. The highest BCUT2D eigenvalue weighted by atomic mass is 15.3. The minimum Gasteiger partial charge on any atom is -0.344 e. The molecule has 1 heterocycles. The van der Waals surface area contributed by atoms with E-state index in [0.29, 0.717) is 13.1 Å². The molecular weight excluding hydrogens is 188 g/mol. The zero-order valence-corrected chi connectivity index (χ0v) is 8.98. The highest BCUT2D eigenvalue weighted by Gasteiger charge is 2.05. The molecule has 1 aromatic heterocycles. The van der Waals surface area contributed by atoms with Crippen LogP contribution in [0.1, 0.15) is 19.0 Å². The zero-order chi connectivity index (χ0) is 11.1. The summed E-state index contributed by atoms with van der Waals surface area (Å²) < 4.78 is 0. The molecule has 0 aliphatic heterocycles. The van der Waals surface area contributed by atoms with Crippen molar-refractivity contribution in [3.8, 4) is 12.3 Å². The number of terminal acetylenes is 1. The monoisotopic (exact) mass is 204 g/mol. The van der Waals surface area contributed by atoms with Gasteiger partial charge >= 0.3 is 0 Å². The number of anilines is 1. The SMILES string of the molecule is C#CCN(CCC)c1ccc(CN)nn1. The van der Waals surface area contributed by atoms with Gasteiger partial charge in [-0.15, -0.1) is 11.5 Å². The molecule has 1 aromatic rings. The fourth-order valence-corrected chi connectivity index (χ4v) is 1.29. The van der Waals surface area contributed by atoms with Gasteiger partial charge in [0.1, 0.15) is 0 Å². The van der Waals surface area contributed by atoms with Crippen LogP contribution in [-0.4, -0.2) is 23.3 Å². The second-order valence-electron chi connectivity index (χ2n) is 3.21. The maximum atomic E-state index is 5.44. The Kier molecular flexibility index (Phi) is 4.58. The summed E-state index contributed by atoms with van der Waals surface area (Å²) in [5, 5.41) is 8.08. The lowest BCUT2D eigenvalue weighted by molar-refractivity contribution is 0.784. The van der Waals surface area contributed by atoms with Crippen molar-refractivity contribution in [2.24, 2.45) is 5.73 Å². The van der Waals surface area contributed by atoms with Crippen molar-refractivity contribution < 1.29 is 0 Å². The van der Waals surface area contributed by atoms with Gasteiger partial charge in [-0.3, -0.25) is 0 Å². The van der Waals surface area contributed by atoms with Crippen LogP contribution < -0.4 is 10.6 Å². The Morgan fingerprint density at radius 1 is 1.47 bits per heavy atom. The lowest BCUT2D eigenvalue weighted by atomic mass is 10.3. The van der Waals surface area contributed by atoms with Gasteiger partial charge in [0.15, 0.2) is 5.82 Å². The van der Waals surface area contributed by atoms with Gasteiger partial charge in [-0.1, -0.05) is 12.8 Å². The average Bonchev–Trinajstić information content (AvgIpc) is 2.29. The minimum absolute atomic E-state index is 0.413. The van der Waals surface area contributed by atoms with Crippen molar-refractivity contribution in [3.63, 3.8) is 0 Å². The Labute approximate surface area is 90.5 Å². The third kappa shape index (κ3) is 3.22. The quantitative estimate of drug-likeness (QED) is 0.720. The Balaban J connectivity index is 2.77. The number of nitrogens with zero attached hydrogens (tertiary/aromatic N) is 3. The molecule has 1 rings (SSSR count). The summed E-state index contributed by atoms with van der Waals surface area (Å²) in [5.41, 5.74) is 6.23. The van der Waals surface area contributed by atoms with Gasteiger partial charge in [0.05, 0.1) is 12.2 Å². The summed E-state index contributed by atoms with van der Waals surface area (Å²) in [7, 11) is 0. The van der Waals surface area contributed by atoms with Gasteiger partial charge in [0.25, 0.3) is 0 Å². The van der Waals surface area contributed by atoms with E-state index < -0.39 is 0 Å². The van der Waals surface area contributed by atoms with Crippen molar-refractivity contribution in [3.05, 3.63) is 17.8 Å². The third-order valence-corrected chi connectivity index (χ3v) is 2.01. The van der Waals surface area contributed by atoms with E-state index in [1.807, 2.05) is 17.0 Å². The average molecular weight is 204 g/mol. The smallest absolute Gasteiger partial charge is 0.152 e. The molecule has 0 amide bonds. The van der Waals surface area contributed by atoms with Gasteiger partial charge in [0, 0.05) is 13.1 Å². The summed E-state index contributed by atoms with van der Waals surface area (Å²) in [6, 6.07) is 3.78. The first-order chi connectivity index (χ1) is 7.31. The molecule has 15 heavy (non-hydrogen) atoms. The fourth-order valence-electron chi connectivity index (χ4n) is 1.29. The van der Waals surface area contributed by atoms with E-state index in [1.165, 1.54) is 0 Å². The summed E-state index contributed by atoms with van der Waals surface area (Å²) >= 11 is 0. The molecule has 0 atom stereocenters. The molecule has 80 valence electrons. The molecule has 2 N–H and O–H groups in total. The summed E-state index contributed by atoms with van der Waals surface area (Å²) in [6.07, 6.45) is 6.32. The number of nitrogens with two attached hydrogens (primary N) is 1. The Bertz CT molecular complexity index is 325. The molecular formula is C11H16N4. The lowest BCUT2D eigenvalue weighted by Crippen LogP contribution is -2.25. The van der Waals surface area contributed by atoms with Gasteiger partial charge in [-0.05, 0) is 18.6 Å². The van der Waals surface area contributed by atoms with E-state index in [-0.39, 0.29) is 0 Å². The highest BCUT2D eigenvalue weighted by molar-refractivity contribution is 5.38. The maximum Gasteiger partial charge on any atom is 0.152 e. The second-order valence-corrected chi connectivity index (χ2v) is 3.21. The van der Waals surface area contributed by atoms with Crippen LogP contribution in [0.2, 0.25) is 0 Å². The van der Waals surface area contributed by atoms with Gasteiger partial charge in [-0.2, -0.15) is 5.10 Å². The predicted molar refractivity (Wildman–Crippen MR) is 61.3 cm³/mol. The van der Waals surface area contributed by atoms with E-state index in [1.54, 1.807) is 0 Å². The van der Waals surface area contributed by atoms with Gasteiger partial charge < -0.3 is 10.6 Å². The Hall–Kier alpha value is -1.60. The molecule has 0 saturated heterocycles. The third-order valence-electron chi connectivity index (χ3n) is 2.01. The first-order valence-corrected chi connectivity index (χ1v) is 5.03. The molecule has 0 aromatic carbocycles. The molecule has 0 spiro atoms. The fraction of sp³-hybridized carbons (Fsp3) is 0.455. The van der Waals surface area contributed by atoms with Crippen molar-refractivity contribution in [1.29, 1.82) is 0 Å². The van der Waals surface area contributed by atoms with Crippen molar-refractivity contribution >= 4 is 5.82 Å². The number of rotatable bonds is 5. The second kappa shape index (κ2) is 5.99. The topological polar surface area (TPSA) is 55.0 Å². The van der Waals surface area contributed by atoms with Crippen molar-refractivity contribution in [2.75, 3.05) is 18.0 Å². The van der Waals surface area contributed by atoms with Crippen LogP contribution in [0, 0.1) is 12.3 Å². The highest BCUT2D eigenvalue weighted by Crippen LogP contribution is 2.09. The maximum absolute atomic E-state index is 5.44. The van der Waals surface area contributed by atoms with E-state index in [9.17, 15) is 0 Å². The summed E-state index contributed by atoms with van der Waals surface area (Å²) in [5.74, 6) is 3.43. The van der Waals surface area contributed by atoms with Crippen molar-refractivity contribution in [2.45, 2.75) is 19.9 Å². The van der Waals surface area contributed by atoms with Crippen LogP contribution >= 0.6 is 0 Å². The largest absolute Gasteiger partial charge is 0.344 e. The molecule has 4 nitrogen and oxygen atoms in total. The van der Waals surface area contributed by atoms with Crippen LogP contribution in [0.25, 0.3) is 0 Å². The van der Waals surface area contributed by atoms with E-state index >= 15 is 0 Å². The van der Waals surface area contributed by atoms with E-state index in [0.717, 1.165) is 24.5 Å². The number of hydrogen-bond donors (Lipinski definition) is 1. The molecule has 0 aliphatic carbocycles. The van der Waals surface area contributed by atoms with Crippen LogP contribution in [0.4, 0.5) is 5.82 Å². The molecule has 0 saturated carbocycles. The molecule has 0 fully saturated rings. The minimum atomic E-state index is 0.413. The van der Waals surface area contributed by atoms with Crippen LogP contribution in [0.5, 0.6) is 0 Å². The Morgan fingerprint density at radius 2 is 2.27 bits per heavy atom. The van der Waals surface area contributed by atoms with E-state index in [4.69, 9.17) is 12.2 Å². The van der Waals surface area contributed by atoms with Gasteiger partial charge in [0.2, 0.25) is 0 Å². The number of hydrogen-bond acceptors (Lipinski definition) is 4. The molecule has 0 bridgehead atoms. The lowest BCUT2D eigenvalue weighted by Gasteiger charge is -2.19. The summed E-state index contributed by atoms with van der Waals surface area (Å²) in [4.78, 5) is 2.02.